The molecule has 3 fully saturated rings. The van der Waals surface area contributed by atoms with Crippen LogP contribution in [0.3, 0.4) is 0 Å². The summed E-state index contributed by atoms with van der Waals surface area (Å²) in [5.41, 5.74) is 0.766. The third-order valence-electron chi connectivity index (χ3n) is 9.06. The molecule has 4 nitrogen and oxygen atoms in total. The Morgan fingerprint density at radius 2 is 1.79 bits per heavy atom. The molecule has 3 saturated carbocycles. The standard InChI is InChI=1S/C25H34O4/c1-6-25(29-17(3)27)14-11-22-20-8-7-18-15-19(28-16(2)26)9-12-23(18,4)21(20)10-13-24(22,25)5/h1,7,19-22H,8-15H2,2-5H3/t19-,20-,21+,22-,23+,24-,25+/m1/s1. The van der Waals surface area contributed by atoms with Gasteiger partial charge in [-0.3, -0.25) is 9.59 Å². The first kappa shape index (κ1) is 20.5. The van der Waals surface area contributed by atoms with Gasteiger partial charge in [0, 0.05) is 25.7 Å². The lowest BCUT2D eigenvalue weighted by atomic mass is 9.47. The van der Waals surface area contributed by atoms with Crippen molar-refractivity contribution in [3.05, 3.63) is 11.6 Å². The van der Waals surface area contributed by atoms with Crippen molar-refractivity contribution in [2.45, 2.75) is 90.8 Å². The Morgan fingerprint density at radius 1 is 1.07 bits per heavy atom. The van der Waals surface area contributed by atoms with E-state index in [0.29, 0.717) is 17.8 Å². The Balaban J connectivity index is 1.61. The minimum absolute atomic E-state index is 0.0294. The summed E-state index contributed by atoms with van der Waals surface area (Å²) < 4.78 is 11.4. The monoisotopic (exact) mass is 398 g/mol. The Bertz CT molecular complexity index is 791. The predicted octanol–water partition coefficient (Wildman–Crippen LogP) is 4.82. The highest BCUT2D eigenvalue weighted by Crippen LogP contribution is 2.67. The minimum atomic E-state index is -0.758. The molecule has 4 rings (SSSR count). The van der Waals surface area contributed by atoms with Crippen LogP contribution in [0.4, 0.5) is 0 Å². The molecule has 0 amide bonds. The fraction of sp³-hybridized carbons (Fsp3) is 0.760. The molecule has 0 aromatic carbocycles. The predicted molar refractivity (Wildman–Crippen MR) is 111 cm³/mol. The van der Waals surface area contributed by atoms with E-state index in [1.165, 1.54) is 19.4 Å². The van der Waals surface area contributed by atoms with Crippen LogP contribution in [0.2, 0.25) is 0 Å². The largest absolute Gasteiger partial charge is 0.462 e. The van der Waals surface area contributed by atoms with Gasteiger partial charge in [-0.15, -0.1) is 6.42 Å². The van der Waals surface area contributed by atoms with E-state index in [1.807, 2.05) is 0 Å². The van der Waals surface area contributed by atoms with E-state index in [2.05, 4.69) is 25.8 Å². The summed E-state index contributed by atoms with van der Waals surface area (Å²) in [6.07, 6.45) is 16.3. The second-order valence-corrected chi connectivity index (χ2v) is 10.3. The molecule has 0 aliphatic heterocycles. The number of carbonyl (C=O) groups is 2. The number of ether oxygens (including phenoxy) is 2. The minimum Gasteiger partial charge on any atom is -0.462 e. The van der Waals surface area contributed by atoms with Crippen molar-refractivity contribution in [1.82, 2.24) is 0 Å². The Hall–Kier alpha value is -1.76. The van der Waals surface area contributed by atoms with Crippen LogP contribution in [0.1, 0.15) is 79.1 Å². The number of carbonyl (C=O) groups excluding carboxylic acids is 2. The van der Waals surface area contributed by atoms with Gasteiger partial charge >= 0.3 is 11.9 Å². The molecule has 4 heteroatoms. The molecular weight excluding hydrogens is 364 g/mol. The van der Waals surface area contributed by atoms with Crippen molar-refractivity contribution in [2.24, 2.45) is 28.6 Å². The second kappa shape index (κ2) is 6.89. The summed E-state index contributed by atoms with van der Waals surface area (Å²) in [5.74, 6) is 4.17. The maximum Gasteiger partial charge on any atom is 0.304 e. The molecule has 0 unspecified atom stereocenters. The highest BCUT2D eigenvalue weighted by molar-refractivity contribution is 5.67. The van der Waals surface area contributed by atoms with E-state index in [1.54, 1.807) is 0 Å². The number of fused-ring (bicyclic) bond motifs is 5. The lowest BCUT2D eigenvalue weighted by Crippen LogP contribution is -2.55. The lowest BCUT2D eigenvalue weighted by Gasteiger charge is -2.58. The van der Waals surface area contributed by atoms with Crippen LogP contribution in [-0.4, -0.2) is 23.6 Å². The van der Waals surface area contributed by atoms with E-state index in [-0.39, 0.29) is 28.9 Å². The summed E-state index contributed by atoms with van der Waals surface area (Å²) >= 11 is 0. The number of terminal acetylenes is 1. The van der Waals surface area contributed by atoms with Crippen LogP contribution in [0, 0.1) is 40.9 Å². The van der Waals surface area contributed by atoms with Gasteiger partial charge in [0.2, 0.25) is 0 Å². The summed E-state index contributed by atoms with van der Waals surface area (Å²) in [7, 11) is 0. The molecule has 0 bridgehead atoms. The summed E-state index contributed by atoms with van der Waals surface area (Å²) in [6, 6.07) is 0. The average Bonchev–Trinajstić information content (AvgIpc) is 2.94. The Labute approximate surface area is 174 Å². The molecule has 0 N–H and O–H groups in total. The van der Waals surface area contributed by atoms with Gasteiger partial charge in [-0.1, -0.05) is 31.4 Å². The fourth-order valence-electron chi connectivity index (χ4n) is 7.64. The van der Waals surface area contributed by atoms with Gasteiger partial charge in [0.25, 0.3) is 0 Å². The fourth-order valence-corrected chi connectivity index (χ4v) is 7.64. The van der Waals surface area contributed by atoms with Crippen LogP contribution in [-0.2, 0) is 19.1 Å². The van der Waals surface area contributed by atoms with Gasteiger partial charge in [0.15, 0.2) is 5.60 Å². The van der Waals surface area contributed by atoms with Crippen LogP contribution < -0.4 is 0 Å². The average molecular weight is 399 g/mol. The van der Waals surface area contributed by atoms with Gasteiger partial charge in [0.1, 0.15) is 6.10 Å². The zero-order chi connectivity index (χ0) is 21.0. The molecule has 0 spiro atoms. The maximum absolute atomic E-state index is 11.8. The zero-order valence-electron chi connectivity index (χ0n) is 18.3. The van der Waals surface area contributed by atoms with Crippen molar-refractivity contribution in [3.8, 4) is 12.3 Å². The van der Waals surface area contributed by atoms with Crippen molar-refractivity contribution in [1.29, 1.82) is 0 Å². The van der Waals surface area contributed by atoms with Gasteiger partial charge in [-0.05, 0) is 68.1 Å². The third kappa shape index (κ3) is 2.95. The number of esters is 2. The molecule has 0 aromatic heterocycles. The van der Waals surface area contributed by atoms with E-state index >= 15 is 0 Å². The summed E-state index contributed by atoms with van der Waals surface area (Å²) in [4.78, 5) is 23.3. The maximum atomic E-state index is 11.8. The number of rotatable bonds is 2. The quantitative estimate of drug-likeness (QED) is 0.380. The number of hydrogen-bond donors (Lipinski definition) is 0. The number of hydrogen-bond acceptors (Lipinski definition) is 4. The van der Waals surface area contributed by atoms with E-state index in [9.17, 15) is 9.59 Å². The van der Waals surface area contributed by atoms with Gasteiger partial charge in [0.05, 0.1) is 0 Å². The molecule has 4 aliphatic carbocycles. The smallest absolute Gasteiger partial charge is 0.304 e. The second-order valence-electron chi connectivity index (χ2n) is 10.3. The van der Waals surface area contributed by atoms with Crippen molar-refractivity contribution in [3.63, 3.8) is 0 Å². The first-order valence-corrected chi connectivity index (χ1v) is 11.2. The van der Waals surface area contributed by atoms with Gasteiger partial charge in [-0.2, -0.15) is 0 Å². The first-order valence-electron chi connectivity index (χ1n) is 11.2. The molecule has 29 heavy (non-hydrogen) atoms. The SMILES string of the molecule is C#C[C@]1(OC(C)=O)CC[C@@H]2[C@@H]3CC=C4C[C@H](OC(C)=O)CC[C@]4(C)[C@H]3CC[C@]21C. The highest BCUT2D eigenvalue weighted by Gasteiger charge is 2.65. The molecule has 7 atom stereocenters. The zero-order valence-corrected chi connectivity index (χ0v) is 18.3. The Morgan fingerprint density at radius 3 is 2.45 bits per heavy atom. The van der Waals surface area contributed by atoms with E-state index in [4.69, 9.17) is 15.9 Å². The molecule has 0 radical (unpaired) electrons. The molecular formula is C25H34O4. The van der Waals surface area contributed by atoms with Crippen LogP contribution in [0.5, 0.6) is 0 Å². The van der Waals surface area contributed by atoms with Crippen molar-refractivity contribution < 1.29 is 19.1 Å². The highest BCUT2D eigenvalue weighted by atomic mass is 16.6. The molecule has 158 valence electrons. The van der Waals surface area contributed by atoms with E-state index < -0.39 is 5.60 Å². The third-order valence-corrected chi connectivity index (χ3v) is 9.06. The van der Waals surface area contributed by atoms with Crippen LogP contribution in [0.25, 0.3) is 0 Å². The first-order chi connectivity index (χ1) is 13.6. The molecule has 0 aromatic rings. The van der Waals surface area contributed by atoms with Crippen LogP contribution in [0.15, 0.2) is 11.6 Å². The molecule has 0 saturated heterocycles. The molecule has 4 aliphatic rings. The summed E-state index contributed by atoms with van der Waals surface area (Å²) in [6.45, 7) is 7.67. The Kier molecular flexibility index (Phi) is 4.88. The van der Waals surface area contributed by atoms with Gasteiger partial charge in [-0.25, -0.2) is 0 Å². The number of allylic oxidation sites excluding steroid dienone is 1. The topological polar surface area (TPSA) is 52.6 Å². The van der Waals surface area contributed by atoms with E-state index in [0.717, 1.165) is 51.4 Å². The van der Waals surface area contributed by atoms with Gasteiger partial charge < -0.3 is 9.47 Å². The van der Waals surface area contributed by atoms with Crippen molar-refractivity contribution in [2.75, 3.05) is 0 Å². The molecule has 0 heterocycles. The normalized spacial score (nSPS) is 45.7. The van der Waals surface area contributed by atoms with Crippen LogP contribution >= 0.6 is 0 Å². The lowest BCUT2D eigenvalue weighted by molar-refractivity contribution is -0.168. The summed E-state index contributed by atoms with van der Waals surface area (Å²) in [5, 5.41) is 0. The van der Waals surface area contributed by atoms with Crippen molar-refractivity contribution >= 4 is 11.9 Å².